The van der Waals surface area contributed by atoms with Crippen LogP contribution in [0.3, 0.4) is 0 Å². The zero-order chi connectivity index (χ0) is 31.6. The first kappa shape index (κ1) is 32.3. The van der Waals surface area contributed by atoms with Gasteiger partial charge in [0.1, 0.15) is 0 Å². The van der Waals surface area contributed by atoms with Gasteiger partial charge in [0, 0.05) is 0 Å². The average molecular weight is 650 g/mol. The molecule has 0 N–H and O–H groups in total. The van der Waals surface area contributed by atoms with Crippen molar-refractivity contribution in [3.63, 3.8) is 0 Å². The van der Waals surface area contributed by atoms with Gasteiger partial charge < -0.3 is 0 Å². The summed E-state index contributed by atoms with van der Waals surface area (Å²) in [6.07, 6.45) is 7.43. The normalized spacial score (nSPS) is 17.4. The number of rotatable bonds is 4. The van der Waals surface area contributed by atoms with Gasteiger partial charge in [-0.3, -0.25) is 0 Å². The summed E-state index contributed by atoms with van der Waals surface area (Å²) in [5, 5.41) is 0. The molecule has 1 atom stereocenters. The van der Waals surface area contributed by atoms with Gasteiger partial charge >= 0.3 is 272 Å². The molecule has 3 aromatic carbocycles. The van der Waals surface area contributed by atoms with Gasteiger partial charge in [-0.05, 0) is 0 Å². The third kappa shape index (κ3) is 5.98. The summed E-state index contributed by atoms with van der Waals surface area (Å²) < 4.78 is 5.26. The van der Waals surface area contributed by atoms with E-state index in [0.717, 1.165) is 12.8 Å². The predicted molar refractivity (Wildman–Crippen MR) is 187 cm³/mol. The van der Waals surface area contributed by atoms with Gasteiger partial charge in [0.2, 0.25) is 0 Å². The molecule has 0 amide bonds. The van der Waals surface area contributed by atoms with E-state index >= 15 is 0 Å². The Morgan fingerprint density at radius 2 is 1.40 bits per heavy atom. The minimum absolute atomic E-state index is 0.0755. The molecule has 5 rings (SSSR count). The van der Waals surface area contributed by atoms with Crippen LogP contribution < -0.4 is 3.27 Å². The van der Waals surface area contributed by atoms with Crippen LogP contribution in [0.1, 0.15) is 122 Å². The fourth-order valence-electron chi connectivity index (χ4n) is 7.65. The van der Waals surface area contributed by atoms with Crippen LogP contribution in [0.25, 0.3) is 11.1 Å². The van der Waals surface area contributed by atoms with E-state index in [0.29, 0.717) is 5.92 Å². The molecule has 2 aliphatic carbocycles. The van der Waals surface area contributed by atoms with Gasteiger partial charge in [-0.2, -0.15) is 0 Å². The molecule has 43 heavy (non-hydrogen) atoms. The number of benzene rings is 3. The van der Waals surface area contributed by atoms with Crippen LogP contribution in [0.4, 0.5) is 0 Å². The van der Waals surface area contributed by atoms with Crippen LogP contribution in [0.5, 0.6) is 0 Å². The van der Waals surface area contributed by atoms with Crippen molar-refractivity contribution < 1.29 is 21.3 Å². The molecule has 0 heterocycles. The van der Waals surface area contributed by atoms with Crippen LogP contribution in [-0.2, 0) is 38.5 Å². The van der Waals surface area contributed by atoms with E-state index < -0.39 is 21.3 Å². The summed E-state index contributed by atoms with van der Waals surface area (Å²) in [5.74, 6) is 0.487. The zero-order valence-electron chi connectivity index (χ0n) is 29.3. The number of fused-ring (bicyclic) bond motifs is 3. The maximum absolute atomic E-state index is 2.66. The van der Waals surface area contributed by atoms with Crippen molar-refractivity contribution in [3.8, 4) is 11.1 Å². The van der Waals surface area contributed by atoms with Crippen molar-refractivity contribution in [2.45, 2.75) is 114 Å². The molecule has 0 radical (unpaired) electrons. The Bertz CT molecular complexity index is 1670. The summed E-state index contributed by atoms with van der Waals surface area (Å²) >= 11 is -2.65. The van der Waals surface area contributed by atoms with E-state index in [1.165, 1.54) is 44.5 Å². The van der Waals surface area contributed by atoms with Crippen molar-refractivity contribution in [2.24, 2.45) is 11.3 Å². The standard InChI is InChI=1S/C23H29.C10H15.C9H10.Zr/c1-14-9-16-11-17-10-15(2)21(23(6,7)8)13-19(17)18(16)12-20(14)22(3,4)5;1-8-5-6-9(7-8)10(2,3)4;1-2-6-9-7-4-3-5-8-9;/h9,12-13H,11H2,1-8H3;6-8H,1-4H3;3-5,7-8H,2H2,1H3;. The Labute approximate surface area is 270 Å². The van der Waals surface area contributed by atoms with E-state index in [-0.39, 0.29) is 16.2 Å². The van der Waals surface area contributed by atoms with Gasteiger partial charge in [-0.25, -0.2) is 0 Å². The second kappa shape index (κ2) is 11.4. The Morgan fingerprint density at radius 1 is 0.791 bits per heavy atom. The molecule has 2 aliphatic rings. The Balaban J connectivity index is 1.92. The third-order valence-corrected chi connectivity index (χ3v) is 18.7. The van der Waals surface area contributed by atoms with E-state index in [2.05, 4.69) is 151 Å². The average Bonchev–Trinajstić information content (AvgIpc) is 3.46. The third-order valence-electron chi connectivity index (χ3n) is 9.83. The summed E-state index contributed by atoms with van der Waals surface area (Å²) in [4.78, 5) is 0. The van der Waals surface area contributed by atoms with Gasteiger partial charge in [0.25, 0.3) is 0 Å². The molecule has 0 saturated carbocycles. The summed E-state index contributed by atoms with van der Waals surface area (Å²) in [6.45, 7) is 31.2. The van der Waals surface area contributed by atoms with Gasteiger partial charge in [0.15, 0.2) is 0 Å². The van der Waals surface area contributed by atoms with E-state index in [4.69, 9.17) is 0 Å². The SMILES string of the molecule is CC/[C](c1ccccc1)=[Zr](\[C]1=CC(C(C)(C)C)=CC1C)[c]1c(C)c(C(C)(C)C)cc2c1Cc1cc(C)c(C(C)(C)C)cc1-2. The second-order valence-electron chi connectivity index (χ2n) is 16.3. The first-order chi connectivity index (χ1) is 19.9. The summed E-state index contributed by atoms with van der Waals surface area (Å²) in [6, 6.07) is 19.1. The Morgan fingerprint density at radius 3 is 1.93 bits per heavy atom. The van der Waals surface area contributed by atoms with Crippen molar-refractivity contribution in [3.05, 3.63) is 108 Å². The zero-order valence-corrected chi connectivity index (χ0v) is 31.7. The van der Waals surface area contributed by atoms with Gasteiger partial charge in [-0.15, -0.1) is 0 Å². The molecule has 0 saturated heterocycles. The molecule has 0 aliphatic heterocycles. The molecule has 1 heteroatoms. The Kier molecular flexibility index (Phi) is 8.53. The first-order valence-corrected chi connectivity index (χ1v) is 20.2. The maximum atomic E-state index is 2.66. The molecular weight excluding hydrogens is 596 g/mol. The minimum atomic E-state index is -2.65. The van der Waals surface area contributed by atoms with Gasteiger partial charge in [0.05, 0.1) is 0 Å². The van der Waals surface area contributed by atoms with Crippen molar-refractivity contribution in [1.29, 1.82) is 0 Å². The molecule has 3 aromatic rings. The molecule has 226 valence electrons. The number of hydrogen-bond acceptors (Lipinski definition) is 0. The van der Waals surface area contributed by atoms with Crippen molar-refractivity contribution >= 4 is 6.48 Å². The van der Waals surface area contributed by atoms with Crippen molar-refractivity contribution in [2.75, 3.05) is 0 Å². The Hall–Kier alpha value is -2.11. The fraction of sp³-hybridized carbons (Fsp3) is 0.452. The first-order valence-electron chi connectivity index (χ1n) is 16.5. The van der Waals surface area contributed by atoms with E-state index in [9.17, 15) is 0 Å². The van der Waals surface area contributed by atoms with E-state index in [1.54, 1.807) is 20.9 Å². The number of aryl methyl sites for hydroxylation is 1. The van der Waals surface area contributed by atoms with Gasteiger partial charge in [-0.1, -0.05) is 0 Å². The molecule has 0 aromatic heterocycles. The van der Waals surface area contributed by atoms with Crippen LogP contribution in [-0.4, -0.2) is 3.21 Å². The second-order valence-corrected chi connectivity index (χ2v) is 22.3. The molecule has 0 bridgehead atoms. The molecule has 0 spiro atoms. The van der Waals surface area contributed by atoms with Crippen LogP contribution in [0.15, 0.2) is 69.5 Å². The number of allylic oxidation sites excluding steroid dienone is 4. The molecular formula is C42H54Zr. The van der Waals surface area contributed by atoms with Crippen LogP contribution >= 0.6 is 0 Å². The van der Waals surface area contributed by atoms with Crippen LogP contribution in [0.2, 0.25) is 0 Å². The monoisotopic (exact) mass is 648 g/mol. The number of hydrogen-bond donors (Lipinski definition) is 0. The molecule has 1 unspecified atom stereocenters. The topological polar surface area (TPSA) is 0 Å². The summed E-state index contributed by atoms with van der Waals surface area (Å²) in [7, 11) is 0. The quantitative estimate of drug-likeness (QED) is 0.206. The van der Waals surface area contributed by atoms with E-state index in [1.807, 2.05) is 0 Å². The fourth-order valence-corrected chi connectivity index (χ4v) is 16.5. The molecule has 0 nitrogen and oxygen atoms in total. The predicted octanol–water partition coefficient (Wildman–Crippen LogP) is 10.8. The molecule has 0 fully saturated rings. The van der Waals surface area contributed by atoms with Crippen molar-refractivity contribution in [1.82, 2.24) is 0 Å². The van der Waals surface area contributed by atoms with Crippen LogP contribution in [0, 0.1) is 25.2 Å². The summed E-state index contributed by atoms with van der Waals surface area (Å²) in [5.41, 5.74) is 15.5.